The molecule has 1 aliphatic rings. The summed E-state index contributed by atoms with van der Waals surface area (Å²) in [5.41, 5.74) is 2.33. The quantitative estimate of drug-likeness (QED) is 0.418. The first-order chi connectivity index (χ1) is 16.3. The molecular formula is C24H25F2N5O2S. The molecule has 0 radical (unpaired) electrons. The summed E-state index contributed by atoms with van der Waals surface area (Å²) in [5.74, 6) is -1.26. The van der Waals surface area contributed by atoms with Crippen molar-refractivity contribution in [3.63, 3.8) is 0 Å². The molecule has 0 bridgehead atoms. The zero-order valence-electron chi connectivity index (χ0n) is 19.2. The third-order valence-electron chi connectivity index (χ3n) is 5.41. The number of aryl methyl sites for hydroxylation is 1. The molecule has 1 saturated heterocycles. The lowest BCUT2D eigenvalue weighted by atomic mass is 10.0. The number of hydrogen-bond acceptors (Lipinski definition) is 7. The minimum atomic E-state index is -0.648. The van der Waals surface area contributed by atoms with Gasteiger partial charge >= 0.3 is 0 Å². The number of aromatic nitrogens is 4. The standard InChI is InChI=1S/C13H10F2N4S.C11H15NO2/c1-19(2)13-18-12-11(20-13)10(16-6-17-12)8-4-3-7(14)5-9(8)15;1-12-8-9(5-6-11(12)13)10-4-2-3-7-14-10/h3-6H,1-2H3;5-6,8,10H,2-4,7H2,1H3/t;10-/m.1/s1. The average Bonchev–Trinajstić information content (AvgIpc) is 3.27. The smallest absolute Gasteiger partial charge is 0.250 e. The number of fused-ring (bicyclic) bond motifs is 1. The van der Waals surface area contributed by atoms with Crippen LogP contribution >= 0.6 is 11.3 Å². The van der Waals surface area contributed by atoms with Crippen LogP contribution in [0.25, 0.3) is 21.6 Å². The summed E-state index contributed by atoms with van der Waals surface area (Å²) in [4.78, 5) is 25.6. The number of nitrogens with zero attached hydrogens (tertiary/aromatic N) is 5. The van der Waals surface area contributed by atoms with Crippen LogP contribution in [0, 0.1) is 11.6 Å². The van der Waals surface area contributed by atoms with Gasteiger partial charge in [0.1, 0.15) is 22.7 Å². The van der Waals surface area contributed by atoms with Crippen LogP contribution < -0.4 is 10.5 Å². The number of hydrogen-bond donors (Lipinski definition) is 0. The van der Waals surface area contributed by atoms with Crippen molar-refractivity contribution in [2.24, 2.45) is 7.05 Å². The number of halogens is 2. The highest BCUT2D eigenvalue weighted by Crippen LogP contribution is 2.34. The molecule has 4 aromatic rings. The Bertz CT molecular complexity index is 1350. The van der Waals surface area contributed by atoms with Gasteiger partial charge < -0.3 is 14.2 Å². The Morgan fingerprint density at radius 3 is 2.65 bits per heavy atom. The largest absolute Gasteiger partial charge is 0.373 e. The van der Waals surface area contributed by atoms with Crippen LogP contribution in [-0.4, -0.2) is 40.2 Å². The van der Waals surface area contributed by atoms with Gasteiger partial charge in [-0.1, -0.05) is 11.3 Å². The fraction of sp³-hybridized carbons (Fsp3) is 0.333. The molecule has 3 aromatic heterocycles. The monoisotopic (exact) mass is 485 g/mol. The maximum atomic E-state index is 13.9. The molecule has 0 unspecified atom stereocenters. The Hall–Kier alpha value is -3.24. The van der Waals surface area contributed by atoms with E-state index in [9.17, 15) is 13.6 Å². The van der Waals surface area contributed by atoms with E-state index in [-0.39, 0.29) is 17.2 Å². The van der Waals surface area contributed by atoms with Gasteiger partial charge in [0.15, 0.2) is 10.8 Å². The van der Waals surface area contributed by atoms with E-state index < -0.39 is 11.6 Å². The Morgan fingerprint density at radius 1 is 1.15 bits per heavy atom. The normalized spacial score (nSPS) is 15.6. The number of ether oxygens (including phenoxy) is 1. The van der Waals surface area contributed by atoms with E-state index in [1.165, 1.54) is 36.2 Å². The van der Waals surface area contributed by atoms with E-state index in [1.807, 2.05) is 31.3 Å². The lowest BCUT2D eigenvalue weighted by Gasteiger charge is -2.22. The minimum Gasteiger partial charge on any atom is -0.373 e. The summed E-state index contributed by atoms with van der Waals surface area (Å²) in [7, 11) is 5.50. The van der Waals surface area contributed by atoms with E-state index >= 15 is 0 Å². The average molecular weight is 486 g/mol. The maximum Gasteiger partial charge on any atom is 0.250 e. The van der Waals surface area contributed by atoms with Gasteiger partial charge in [-0.25, -0.2) is 18.7 Å². The molecule has 1 aliphatic heterocycles. The lowest BCUT2D eigenvalue weighted by molar-refractivity contribution is 0.0146. The molecule has 4 heterocycles. The molecule has 0 aliphatic carbocycles. The van der Waals surface area contributed by atoms with Crippen LogP contribution in [0.2, 0.25) is 0 Å². The van der Waals surface area contributed by atoms with Gasteiger partial charge in [-0.2, -0.15) is 4.98 Å². The van der Waals surface area contributed by atoms with Crippen molar-refractivity contribution < 1.29 is 13.5 Å². The van der Waals surface area contributed by atoms with Crippen LogP contribution in [0.3, 0.4) is 0 Å². The highest BCUT2D eigenvalue weighted by molar-refractivity contribution is 7.22. The van der Waals surface area contributed by atoms with Crippen LogP contribution in [0.15, 0.2) is 47.7 Å². The third kappa shape index (κ3) is 5.28. The third-order valence-corrected chi connectivity index (χ3v) is 6.63. The minimum absolute atomic E-state index is 0.0320. The van der Waals surface area contributed by atoms with Gasteiger partial charge in [0.05, 0.1) is 11.8 Å². The van der Waals surface area contributed by atoms with Crippen LogP contribution in [-0.2, 0) is 11.8 Å². The predicted octanol–water partition coefficient (Wildman–Crippen LogP) is 4.72. The zero-order chi connectivity index (χ0) is 24.2. The van der Waals surface area contributed by atoms with Gasteiger partial charge in [-0.05, 0) is 43.0 Å². The molecule has 0 N–H and O–H groups in total. The van der Waals surface area contributed by atoms with Crippen LogP contribution in [0.1, 0.15) is 30.9 Å². The number of anilines is 1. The molecule has 1 atom stereocenters. The van der Waals surface area contributed by atoms with E-state index in [0.717, 1.165) is 36.2 Å². The Labute approximate surface area is 199 Å². The van der Waals surface area contributed by atoms with Crippen molar-refractivity contribution in [3.05, 3.63) is 70.4 Å². The molecule has 10 heteroatoms. The first kappa shape index (κ1) is 23.9. The van der Waals surface area contributed by atoms with Gasteiger partial charge in [0.25, 0.3) is 0 Å². The van der Waals surface area contributed by atoms with Gasteiger partial charge in [0, 0.05) is 51.6 Å². The first-order valence-electron chi connectivity index (χ1n) is 10.9. The molecule has 34 heavy (non-hydrogen) atoms. The number of benzene rings is 1. The van der Waals surface area contributed by atoms with Gasteiger partial charge in [0.2, 0.25) is 5.56 Å². The fourth-order valence-corrected chi connectivity index (χ4v) is 4.56. The molecular weight excluding hydrogens is 460 g/mol. The van der Waals surface area contributed by atoms with Crippen molar-refractivity contribution in [1.29, 1.82) is 0 Å². The fourth-order valence-electron chi connectivity index (χ4n) is 3.62. The van der Waals surface area contributed by atoms with Crippen molar-refractivity contribution in [3.8, 4) is 11.3 Å². The SMILES string of the molecule is CN(C)c1nc2ncnc(-c3ccc(F)cc3F)c2s1.Cn1cc([C@H]2CCCCO2)ccc1=O. The highest BCUT2D eigenvalue weighted by atomic mass is 32.1. The van der Waals surface area contributed by atoms with Crippen molar-refractivity contribution in [1.82, 2.24) is 19.5 Å². The van der Waals surface area contributed by atoms with E-state index in [0.29, 0.717) is 16.0 Å². The topological polar surface area (TPSA) is 73.1 Å². The van der Waals surface area contributed by atoms with Crippen LogP contribution in [0.5, 0.6) is 0 Å². The highest BCUT2D eigenvalue weighted by Gasteiger charge is 2.17. The molecule has 7 nitrogen and oxygen atoms in total. The van der Waals surface area contributed by atoms with Crippen molar-refractivity contribution >= 4 is 26.8 Å². The summed E-state index contributed by atoms with van der Waals surface area (Å²) >= 11 is 1.37. The summed E-state index contributed by atoms with van der Waals surface area (Å²) in [5, 5.41) is 0.754. The van der Waals surface area contributed by atoms with E-state index in [2.05, 4.69) is 15.0 Å². The second-order valence-electron chi connectivity index (χ2n) is 8.16. The second kappa shape index (κ2) is 10.4. The van der Waals surface area contributed by atoms with E-state index in [4.69, 9.17) is 4.74 Å². The number of rotatable bonds is 3. The van der Waals surface area contributed by atoms with Crippen LogP contribution in [0.4, 0.5) is 13.9 Å². The zero-order valence-corrected chi connectivity index (χ0v) is 20.0. The number of thiazole rings is 1. The lowest BCUT2D eigenvalue weighted by Crippen LogP contribution is -2.18. The van der Waals surface area contributed by atoms with E-state index in [1.54, 1.807) is 17.7 Å². The Balaban J connectivity index is 0.000000172. The molecule has 178 valence electrons. The Kier molecular flexibility index (Phi) is 7.28. The molecule has 0 amide bonds. The first-order valence-corrected chi connectivity index (χ1v) is 11.7. The van der Waals surface area contributed by atoms with Gasteiger partial charge in [-0.3, -0.25) is 4.79 Å². The molecule has 0 saturated carbocycles. The molecule has 1 fully saturated rings. The molecule has 1 aromatic carbocycles. The molecule has 5 rings (SSSR count). The second-order valence-corrected chi connectivity index (χ2v) is 9.13. The number of pyridine rings is 1. The maximum absolute atomic E-state index is 13.9. The van der Waals surface area contributed by atoms with Crippen molar-refractivity contribution in [2.75, 3.05) is 25.6 Å². The van der Waals surface area contributed by atoms with Gasteiger partial charge in [-0.15, -0.1) is 0 Å². The summed E-state index contributed by atoms with van der Waals surface area (Å²) in [6.45, 7) is 0.841. The summed E-state index contributed by atoms with van der Waals surface area (Å²) in [6.07, 6.45) is 6.84. The van der Waals surface area contributed by atoms with Crippen molar-refractivity contribution in [2.45, 2.75) is 25.4 Å². The predicted molar refractivity (Wildman–Crippen MR) is 129 cm³/mol. The summed E-state index contributed by atoms with van der Waals surface area (Å²) < 4.78 is 34.8. The molecule has 0 spiro atoms. The Morgan fingerprint density at radius 2 is 1.97 bits per heavy atom. The summed E-state index contributed by atoms with van der Waals surface area (Å²) in [6, 6.07) is 6.91.